The van der Waals surface area contributed by atoms with Crippen LogP contribution in [-0.2, 0) is 6.54 Å². The molecule has 0 saturated carbocycles. The lowest BCUT2D eigenvalue weighted by molar-refractivity contribution is 0.0946. The maximum Gasteiger partial charge on any atom is 0.271 e. The average molecular weight is 354 g/mol. The molecule has 0 spiro atoms. The second kappa shape index (κ2) is 6.78. The number of carbonyl (C=O) groups excluding carboxylic acids is 1. The van der Waals surface area contributed by atoms with Gasteiger partial charge in [0.2, 0.25) is 6.79 Å². The van der Waals surface area contributed by atoms with E-state index in [1.165, 1.54) is 11.3 Å². The minimum atomic E-state index is -0.229. The number of amides is 1. The van der Waals surface area contributed by atoms with Crippen molar-refractivity contribution in [2.75, 3.05) is 12.1 Å². The second-order valence-electron chi connectivity index (χ2n) is 5.27. The Balaban J connectivity index is 1.37. The summed E-state index contributed by atoms with van der Waals surface area (Å²) in [5.41, 5.74) is 2.13. The van der Waals surface area contributed by atoms with Gasteiger partial charge in [0.25, 0.3) is 5.91 Å². The largest absolute Gasteiger partial charge is 0.454 e. The smallest absolute Gasteiger partial charge is 0.271 e. The van der Waals surface area contributed by atoms with E-state index < -0.39 is 0 Å². The molecule has 1 amide bonds. The van der Waals surface area contributed by atoms with E-state index in [0.29, 0.717) is 23.1 Å². The van der Waals surface area contributed by atoms with Crippen LogP contribution >= 0.6 is 11.3 Å². The van der Waals surface area contributed by atoms with Gasteiger partial charge in [0.15, 0.2) is 16.6 Å². The highest BCUT2D eigenvalue weighted by Crippen LogP contribution is 2.32. The molecule has 0 bridgehead atoms. The molecule has 3 aromatic rings. The molecule has 1 aliphatic rings. The van der Waals surface area contributed by atoms with Crippen molar-refractivity contribution >= 4 is 28.1 Å². The maximum atomic E-state index is 12.3. The van der Waals surface area contributed by atoms with Crippen molar-refractivity contribution in [2.24, 2.45) is 0 Å². The van der Waals surface area contributed by atoms with Crippen molar-refractivity contribution in [1.82, 2.24) is 15.3 Å². The van der Waals surface area contributed by atoms with Gasteiger partial charge in [-0.25, -0.2) is 4.98 Å². The molecular formula is C17H14N4O3S. The fourth-order valence-electron chi connectivity index (χ4n) is 2.32. The fourth-order valence-corrected chi connectivity index (χ4v) is 3.03. The number of fused-ring (bicyclic) bond motifs is 1. The number of hydrogen-bond donors (Lipinski definition) is 2. The van der Waals surface area contributed by atoms with E-state index in [4.69, 9.17) is 9.47 Å². The summed E-state index contributed by atoms with van der Waals surface area (Å²) in [6.07, 6.45) is 3.39. The Morgan fingerprint density at radius 1 is 1.24 bits per heavy atom. The van der Waals surface area contributed by atoms with Crippen LogP contribution in [0.25, 0.3) is 0 Å². The molecule has 0 fully saturated rings. The number of benzene rings is 1. The quantitative estimate of drug-likeness (QED) is 0.733. The molecule has 1 aliphatic heterocycles. The van der Waals surface area contributed by atoms with Crippen LogP contribution in [0.4, 0.5) is 10.8 Å². The van der Waals surface area contributed by atoms with Gasteiger partial charge >= 0.3 is 0 Å². The van der Waals surface area contributed by atoms with Crippen LogP contribution in [-0.4, -0.2) is 22.7 Å². The molecule has 4 rings (SSSR count). The summed E-state index contributed by atoms with van der Waals surface area (Å²) in [6.45, 7) is 0.620. The lowest BCUT2D eigenvalue weighted by Crippen LogP contribution is -2.23. The summed E-state index contributed by atoms with van der Waals surface area (Å²) in [4.78, 5) is 20.6. The van der Waals surface area contributed by atoms with Crippen molar-refractivity contribution in [3.63, 3.8) is 0 Å². The third-order valence-electron chi connectivity index (χ3n) is 3.54. The van der Waals surface area contributed by atoms with Crippen LogP contribution in [0, 0.1) is 0 Å². The predicted octanol–water partition coefficient (Wildman–Crippen LogP) is 2.94. The molecule has 1 aromatic carbocycles. The third kappa shape index (κ3) is 3.53. The fraction of sp³-hybridized carbons (Fsp3) is 0.118. The first kappa shape index (κ1) is 15.4. The van der Waals surface area contributed by atoms with Gasteiger partial charge in [-0.3, -0.25) is 9.78 Å². The Hall–Kier alpha value is -3.13. The molecular weight excluding hydrogens is 340 g/mol. The zero-order valence-corrected chi connectivity index (χ0v) is 13.9. The zero-order valence-electron chi connectivity index (χ0n) is 13.1. The highest BCUT2D eigenvalue weighted by molar-refractivity contribution is 7.14. The molecule has 0 unspecified atom stereocenters. The molecule has 2 aromatic heterocycles. The van der Waals surface area contributed by atoms with Gasteiger partial charge in [0.1, 0.15) is 5.69 Å². The number of ether oxygens (including phenoxy) is 2. The highest BCUT2D eigenvalue weighted by atomic mass is 32.1. The Morgan fingerprint density at radius 3 is 3.04 bits per heavy atom. The minimum absolute atomic E-state index is 0.229. The van der Waals surface area contributed by atoms with Crippen LogP contribution in [0.2, 0.25) is 0 Å². The molecule has 0 atom stereocenters. The van der Waals surface area contributed by atoms with Gasteiger partial charge in [0, 0.05) is 18.1 Å². The van der Waals surface area contributed by atoms with Crippen LogP contribution in [0.1, 0.15) is 16.1 Å². The number of pyridine rings is 1. The van der Waals surface area contributed by atoms with E-state index in [9.17, 15) is 4.79 Å². The van der Waals surface area contributed by atoms with Crippen LogP contribution < -0.4 is 20.1 Å². The predicted molar refractivity (Wildman–Crippen MR) is 93.4 cm³/mol. The number of aromatic nitrogens is 2. The Labute approximate surface area is 147 Å². The lowest BCUT2D eigenvalue weighted by atomic mass is 10.2. The van der Waals surface area contributed by atoms with Crippen LogP contribution in [0.5, 0.6) is 11.5 Å². The van der Waals surface area contributed by atoms with Crippen LogP contribution in [0.3, 0.4) is 0 Å². The number of nitrogens with zero attached hydrogens (tertiary/aromatic N) is 2. The van der Waals surface area contributed by atoms with Crippen molar-refractivity contribution in [2.45, 2.75) is 6.54 Å². The van der Waals surface area contributed by atoms with E-state index in [0.717, 1.165) is 17.0 Å². The minimum Gasteiger partial charge on any atom is -0.454 e. The van der Waals surface area contributed by atoms with Gasteiger partial charge in [0.05, 0.1) is 11.9 Å². The zero-order chi connectivity index (χ0) is 17.1. The molecule has 2 N–H and O–H groups in total. The van der Waals surface area contributed by atoms with E-state index in [-0.39, 0.29) is 12.7 Å². The number of rotatable bonds is 5. The summed E-state index contributed by atoms with van der Waals surface area (Å²) in [5, 5.41) is 8.32. The van der Waals surface area contributed by atoms with Gasteiger partial charge < -0.3 is 20.1 Å². The first-order chi connectivity index (χ1) is 12.3. The molecule has 0 radical (unpaired) electrons. The number of anilines is 2. The number of carbonyl (C=O) groups is 1. The van der Waals surface area contributed by atoms with Crippen molar-refractivity contribution < 1.29 is 14.3 Å². The third-order valence-corrected chi connectivity index (χ3v) is 4.30. The molecule has 7 nitrogen and oxygen atoms in total. The summed E-state index contributed by atoms with van der Waals surface area (Å²) < 4.78 is 10.6. The Morgan fingerprint density at radius 2 is 2.16 bits per heavy atom. The van der Waals surface area contributed by atoms with E-state index >= 15 is 0 Å². The average Bonchev–Trinajstić information content (AvgIpc) is 3.29. The Bertz CT molecular complexity index is 898. The number of nitrogens with one attached hydrogen (secondary N) is 2. The standard InChI is InChI=1S/C17H14N4O3S/c22-16(19-7-11-3-4-14-15(6-11)24-10-23-14)13-9-25-17(21-13)20-12-2-1-5-18-8-12/h1-6,8-9H,7,10H2,(H,19,22)(H,20,21). The topological polar surface area (TPSA) is 85.4 Å². The molecule has 8 heteroatoms. The van der Waals surface area contributed by atoms with Crippen molar-refractivity contribution in [1.29, 1.82) is 0 Å². The van der Waals surface area contributed by atoms with Gasteiger partial charge in [-0.05, 0) is 29.8 Å². The van der Waals surface area contributed by atoms with E-state index in [1.54, 1.807) is 17.8 Å². The first-order valence-electron chi connectivity index (χ1n) is 7.57. The summed E-state index contributed by atoms with van der Waals surface area (Å²) in [5.74, 6) is 1.19. The Kier molecular flexibility index (Phi) is 4.17. The van der Waals surface area contributed by atoms with E-state index in [1.807, 2.05) is 30.3 Å². The van der Waals surface area contributed by atoms with Gasteiger partial charge in [-0.15, -0.1) is 11.3 Å². The molecule has 0 saturated heterocycles. The molecule has 25 heavy (non-hydrogen) atoms. The maximum absolute atomic E-state index is 12.3. The molecule has 3 heterocycles. The summed E-state index contributed by atoms with van der Waals surface area (Å²) in [7, 11) is 0. The van der Waals surface area contributed by atoms with Crippen molar-refractivity contribution in [3.8, 4) is 11.5 Å². The van der Waals surface area contributed by atoms with E-state index in [2.05, 4.69) is 20.6 Å². The van der Waals surface area contributed by atoms with Gasteiger partial charge in [-0.2, -0.15) is 0 Å². The SMILES string of the molecule is O=C(NCc1ccc2c(c1)OCO2)c1csc(Nc2cccnc2)n1. The first-order valence-corrected chi connectivity index (χ1v) is 8.45. The summed E-state index contributed by atoms with van der Waals surface area (Å²) >= 11 is 1.36. The monoisotopic (exact) mass is 354 g/mol. The van der Waals surface area contributed by atoms with Gasteiger partial charge in [-0.1, -0.05) is 6.07 Å². The normalized spacial score (nSPS) is 12.0. The lowest BCUT2D eigenvalue weighted by Gasteiger charge is -2.05. The van der Waals surface area contributed by atoms with Crippen LogP contribution in [0.15, 0.2) is 48.1 Å². The number of thiazole rings is 1. The second-order valence-corrected chi connectivity index (χ2v) is 6.13. The van der Waals surface area contributed by atoms with Crippen molar-refractivity contribution in [3.05, 3.63) is 59.4 Å². The molecule has 126 valence electrons. The molecule has 0 aliphatic carbocycles. The number of hydrogen-bond acceptors (Lipinski definition) is 7. The summed E-state index contributed by atoms with van der Waals surface area (Å²) in [6, 6.07) is 9.30. The highest BCUT2D eigenvalue weighted by Gasteiger charge is 2.14.